The van der Waals surface area contributed by atoms with Gasteiger partial charge in [0.1, 0.15) is 5.54 Å². The number of aliphatic carboxylic acids is 1. The minimum Gasteiger partial charge on any atom is -0.480 e. The Morgan fingerprint density at radius 1 is 1.50 bits per heavy atom. The molecule has 0 saturated carbocycles. The summed E-state index contributed by atoms with van der Waals surface area (Å²) >= 11 is 0. The molecule has 6 heteroatoms. The number of carboxylic acid groups (broad SMARTS) is 1. The van der Waals surface area contributed by atoms with Crippen molar-refractivity contribution in [3.05, 3.63) is 0 Å². The maximum Gasteiger partial charge on any atom is 0.324 e. The third-order valence-electron chi connectivity index (χ3n) is 4.96. The SMILES string of the molecule is CB(O)CCCC1CCNC1(CCN1CCC1)C(=O)O. The molecule has 2 unspecified atom stereocenters. The smallest absolute Gasteiger partial charge is 0.324 e. The molecule has 114 valence electrons. The van der Waals surface area contributed by atoms with Gasteiger partial charge in [-0.3, -0.25) is 4.79 Å². The van der Waals surface area contributed by atoms with Gasteiger partial charge in [-0.2, -0.15) is 0 Å². The molecule has 0 aliphatic carbocycles. The molecule has 2 fully saturated rings. The van der Waals surface area contributed by atoms with Crippen molar-refractivity contribution in [1.29, 1.82) is 0 Å². The molecule has 0 aromatic heterocycles. The molecule has 0 aromatic carbocycles. The Morgan fingerprint density at radius 3 is 2.80 bits per heavy atom. The first-order valence-electron chi connectivity index (χ1n) is 7.93. The second-order valence-electron chi connectivity index (χ2n) is 6.41. The van der Waals surface area contributed by atoms with Crippen LogP contribution >= 0.6 is 0 Å². The van der Waals surface area contributed by atoms with E-state index in [0.29, 0.717) is 6.42 Å². The zero-order chi connectivity index (χ0) is 14.6. The van der Waals surface area contributed by atoms with Gasteiger partial charge in [0.2, 0.25) is 0 Å². The van der Waals surface area contributed by atoms with Crippen LogP contribution in [-0.4, -0.2) is 59.6 Å². The quantitative estimate of drug-likeness (QED) is 0.577. The molecule has 2 aliphatic rings. The van der Waals surface area contributed by atoms with Crippen molar-refractivity contribution in [2.45, 2.75) is 50.8 Å². The largest absolute Gasteiger partial charge is 0.480 e. The summed E-state index contributed by atoms with van der Waals surface area (Å²) in [5.41, 5.74) is -0.742. The van der Waals surface area contributed by atoms with Crippen LogP contribution in [0.25, 0.3) is 0 Å². The first-order valence-corrected chi connectivity index (χ1v) is 7.93. The fraction of sp³-hybridized carbons (Fsp3) is 0.929. The third-order valence-corrected chi connectivity index (χ3v) is 4.96. The van der Waals surface area contributed by atoms with Crippen LogP contribution in [0.1, 0.15) is 32.1 Å². The summed E-state index contributed by atoms with van der Waals surface area (Å²) in [5.74, 6) is -0.502. The van der Waals surface area contributed by atoms with E-state index >= 15 is 0 Å². The van der Waals surface area contributed by atoms with E-state index in [1.54, 1.807) is 6.82 Å². The van der Waals surface area contributed by atoms with Gasteiger partial charge in [-0.25, -0.2) is 0 Å². The van der Waals surface area contributed by atoms with Crippen LogP contribution < -0.4 is 5.32 Å². The molecule has 2 heterocycles. The van der Waals surface area contributed by atoms with Gasteiger partial charge in [-0.1, -0.05) is 13.2 Å². The van der Waals surface area contributed by atoms with Gasteiger partial charge in [-0.15, -0.1) is 0 Å². The molecule has 0 spiro atoms. The lowest BCUT2D eigenvalue weighted by Gasteiger charge is -2.37. The van der Waals surface area contributed by atoms with Gasteiger partial charge >= 0.3 is 5.97 Å². The van der Waals surface area contributed by atoms with E-state index in [0.717, 1.165) is 51.8 Å². The Morgan fingerprint density at radius 2 is 2.25 bits per heavy atom. The minimum atomic E-state index is -0.742. The lowest BCUT2D eigenvalue weighted by atomic mass is 9.66. The second kappa shape index (κ2) is 6.92. The summed E-state index contributed by atoms with van der Waals surface area (Å²) in [6.07, 6.45) is 5.43. The molecule has 2 atom stereocenters. The molecule has 3 N–H and O–H groups in total. The number of hydrogen-bond acceptors (Lipinski definition) is 4. The molecule has 5 nitrogen and oxygen atoms in total. The Kier molecular flexibility index (Phi) is 5.46. The number of nitrogens with one attached hydrogen (secondary N) is 1. The molecular formula is C14H27BN2O3. The highest BCUT2D eigenvalue weighted by Crippen LogP contribution is 2.35. The maximum absolute atomic E-state index is 11.8. The van der Waals surface area contributed by atoms with Crippen molar-refractivity contribution in [2.24, 2.45) is 5.92 Å². The van der Waals surface area contributed by atoms with Gasteiger partial charge in [0.15, 0.2) is 0 Å². The third kappa shape index (κ3) is 3.54. The van der Waals surface area contributed by atoms with Crippen LogP contribution in [0.15, 0.2) is 0 Å². The highest BCUT2D eigenvalue weighted by atomic mass is 16.4. The highest BCUT2D eigenvalue weighted by Gasteiger charge is 2.48. The van der Waals surface area contributed by atoms with Crippen molar-refractivity contribution in [3.8, 4) is 0 Å². The predicted molar refractivity (Wildman–Crippen MR) is 80.0 cm³/mol. The summed E-state index contributed by atoms with van der Waals surface area (Å²) in [7, 11) is 0. The van der Waals surface area contributed by atoms with E-state index in [9.17, 15) is 14.9 Å². The topological polar surface area (TPSA) is 72.8 Å². The molecular weight excluding hydrogens is 255 g/mol. The van der Waals surface area contributed by atoms with Gasteiger partial charge in [-0.05, 0) is 57.6 Å². The van der Waals surface area contributed by atoms with E-state index in [1.807, 2.05) is 0 Å². The Balaban J connectivity index is 1.91. The lowest BCUT2D eigenvalue weighted by molar-refractivity contribution is -0.146. The van der Waals surface area contributed by atoms with Gasteiger partial charge in [0, 0.05) is 6.54 Å². The number of nitrogens with zero attached hydrogens (tertiary/aromatic N) is 1. The number of rotatable bonds is 8. The molecule has 0 aromatic rings. The maximum atomic E-state index is 11.8. The standard InChI is InChI=1S/C14H27BN2O3/c1-15(20)7-2-4-12-5-8-16-14(12,13(18)19)6-11-17-9-3-10-17/h12,16,20H,2-11H2,1H3,(H,18,19). The van der Waals surface area contributed by atoms with Crippen molar-refractivity contribution < 1.29 is 14.9 Å². The predicted octanol–water partition coefficient (Wildman–Crippen LogP) is 0.909. The van der Waals surface area contributed by atoms with Crippen LogP contribution in [0.4, 0.5) is 0 Å². The van der Waals surface area contributed by atoms with Crippen molar-refractivity contribution >= 4 is 12.9 Å². The molecule has 2 aliphatic heterocycles. The van der Waals surface area contributed by atoms with Gasteiger partial charge in [0.25, 0.3) is 6.92 Å². The van der Waals surface area contributed by atoms with Crippen LogP contribution in [0.5, 0.6) is 0 Å². The Bertz CT molecular complexity index is 336. The minimum absolute atomic E-state index is 0.194. The van der Waals surface area contributed by atoms with Gasteiger partial charge < -0.3 is 20.3 Å². The number of carboxylic acids is 1. The molecule has 2 saturated heterocycles. The Labute approximate surface area is 121 Å². The molecule has 0 radical (unpaired) electrons. The van der Waals surface area contributed by atoms with Crippen LogP contribution in [-0.2, 0) is 4.79 Å². The summed E-state index contributed by atoms with van der Waals surface area (Å²) in [6.45, 7) is 5.41. The first-order chi connectivity index (χ1) is 9.54. The zero-order valence-corrected chi connectivity index (χ0v) is 12.5. The van der Waals surface area contributed by atoms with E-state index < -0.39 is 11.5 Å². The van der Waals surface area contributed by atoms with Crippen LogP contribution in [0.2, 0.25) is 13.1 Å². The average Bonchev–Trinajstić information content (AvgIpc) is 2.71. The fourth-order valence-electron chi connectivity index (χ4n) is 3.50. The lowest BCUT2D eigenvalue weighted by Crippen LogP contribution is -2.54. The van der Waals surface area contributed by atoms with Crippen molar-refractivity contribution in [1.82, 2.24) is 10.2 Å². The highest BCUT2D eigenvalue weighted by molar-refractivity contribution is 6.48. The normalized spacial score (nSPS) is 30.2. The van der Waals surface area contributed by atoms with E-state index in [-0.39, 0.29) is 12.8 Å². The number of carbonyl (C=O) groups is 1. The van der Waals surface area contributed by atoms with E-state index in [4.69, 9.17) is 0 Å². The zero-order valence-electron chi connectivity index (χ0n) is 12.5. The summed E-state index contributed by atoms with van der Waals surface area (Å²) in [6, 6.07) is 0. The van der Waals surface area contributed by atoms with E-state index in [1.165, 1.54) is 6.42 Å². The molecule has 0 bridgehead atoms. The first kappa shape index (κ1) is 15.8. The Hall–Kier alpha value is -0.585. The number of hydrogen-bond donors (Lipinski definition) is 3. The summed E-state index contributed by atoms with van der Waals surface area (Å²) in [5, 5.41) is 22.3. The monoisotopic (exact) mass is 282 g/mol. The fourth-order valence-corrected chi connectivity index (χ4v) is 3.50. The molecule has 20 heavy (non-hydrogen) atoms. The molecule has 2 rings (SSSR count). The second-order valence-corrected chi connectivity index (χ2v) is 6.41. The summed E-state index contributed by atoms with van der Waals surface area (Å²) < 4.78 is 0. The van der Waals surface area contributed by atoms with Gasteiger partial charge in [0.05, 0.1) is 0 Å². The van der Waals surface area contributed by atoms with E-state index in [2.05, 4.69) is 10.2 Å². The molecule has 0 amide bonds. The van der Waals surface area contributed by atoms with Crippen molar-refractivity contribution in [2.75, 3.05) is 26.2 Å². The van der Waals surface area contributed by atoms with Crippen LogP contribution in [0, 0.1) is 5.92 Å². The summed E-state index contributed by atoms with van der Waals surface area (Å²) in [4.78, 5) is 14.2. The van der Waals surface area contributed by atoms with Crippen molar-refractivity contribution in [3.63, 3.8) is 0 Å². The number of likely N-dealkylation sites (tertiary alicyclic amines) is 1. The van der Waals surface area contributed by atoms with Crippen LogP contribution in [0.3, 0.4) is 0 Å². The average molecular weight is 282 g/mol.